The number of aryl methyl sites for hydroxylation is 1. The van der Waals surface area contributed by atoms with Gasteiger partial charge in [0.15, 0.2) is 17.7 Å². The summed E-state index contributed by atoms with van der Waals surface area (Å²) in [5.41, 5.74) is 3.05. The lowest BCUT2D eigenvalue weighted by Crippen LogP contribution is -2.65. The van der Waals surface area contributed by atoms with Crippen LogP contribution in [0.3, 0.4) is 0 Å². The van der Waals surface area contributed by atoms with E-state index in [4.69, 9.17) is 14.2 Å². The number of para-hydroxylation sites is 1. The van der Waals surface area contributed by atoms with Crippen LogP contribution in [0.25, 0.3) is 23.1 Å². The molecule has 3 aromatic rings. The number of aliphatic hydroxyl groups is 3. The van der Waals surface area contributed by atoms with Gasteiger partial charge < -0.3 is 34.8 Å². The number of ether oxygens (including phenoxy) is 3. The van der Waals surface area contributed by atoms with Crippen LogP contribution in [0.4, 0.5) is 0 Å². The van der Waals surface area contributed by atoms with Gasteiger partial charge in [-0.25, -0.2) is 4.57 Å². The van der Waals surface area contributed by atoms with Crippen molar-refractivity contribution < 1.29 is 38.9 Å². The zero-order valence-electron chi connectivity index (χ0n) is 20.4. The Balaban J connectivity index is 1.59. The van der Waals surface area contributed by atoms with Crippen LogP contribution in [0, 0.1) is 0 Å². The fraction of sp³-hybridized carbons (Fsp3) is 0.333. The van der Waals surface area contributed by atoms with Gasteiger partial charge in [-0.2, -0.15) is 0 Å². The Bertz CT molecular complexity index is 1260. The van der Waals surface area contributed by atoms with Crippen molar-refractivity contribution in [1.29, 1.82) is 0 Å². The minimum Gasteiger partial charge on any atom is -0.493 e. The lowest BCUT2D eigenvalue weighted by atomic mass is 9.97. The number of nitrogens with zero attached hydrogens (tertiary/aromatic N) is 1. The standard InChI is InChI=1S/C27H30N2O7/c1-16(31)28-24-26(33)25(32)23(15-30)36-27(24)35-21-11-9-17(14-22(21)34-3)8-10-18-12-13-29(2)20-7-5-4-6-19(18)20/h4-14,23-27,30,32-33H,15H2,1-3H3/p+1/t23-,24-,25-,26-,27-/m1/s1. The molecule has 1 aromatic heterocycles. The zero-order valence-corrected chi connectivity index (χ0v) is 20.4. The minimum atomic E-state index is -1.40. The number of carbonyl (C=O) groups is 1. The summed E-state index contributed by atoms with van der Waals surface area (Å²) < 4.78 is 19.2. The van der Waals surface area contributed by atoms with Crippen LogP contribution < -0.4 is 19.4 Å². The molecule has 1 fully saturated rings. The number of hydrogen-bond acceptors (Lipinski definition) is 7. The predicted octanol–water partition coefficient (Wildman–Crippen LogP) is 1.17. The molecule has 4 rings (SSSR count). The van der Waals surface area contributed by atoms with Crippen LogP contribution in [0.2, 0.25) is 0 Å². The van der Waals surface area contributed by atoms with Gasteiger partial charge in [-0.05, 0) is 29.3 Å². The number of benzene rings is 2. The van der Waals surface area contributed by atoms with Gasteiger partial charge in [0.2, 0.25) is 17.7 Å². The molecule has 0 radical (unpaired) electrons. The first kappa shape index (κ1) is 25.6. The maximum Gasteiger partial charge on any atom is 0.223 e. The number of aliphatic hydroxyl groups excluding tert-OH is 3. The molecule has 2 aromatic carbocycles. The van der Waals surface area contributed by atoms with E-state index in [-0.39, 0.29) is 0 Å². The minimum absolute atomic E-state index is 0.312. The third-order valence-electron chi connectivity index (χ3n) is 6.21. The van der Waals surface area contributed by atoms with Gasteiger partial charge in [-0.15, -0.1) is 0 Å². The fourth-order valence-electron chi connectivity index (χ4n) is 4.30. The van der Waals surface area contributed by atoms with Crippen molar-refractivity contribution in [2.45, 2.75) is 37.6 Å². The lowest BCUT2D eigenvalue weighted by molar-refractivity contribution is -0.644. The molecule has 0 spiro atoms. The van der Waals surface area contributed by atoms with E-state index in [9.17, 15) is 20.1 Å². The van der Waals surface area contributed by atoms with Gasteiger partial charge in [0.1, 0.15) is 31.4 Å². The molecule has 9 heteroatoms. The molecule has 9 nitrogen and oxygen atoms in total. The Kier molecular flexibility index (Phi) is 7.85. The Hall–Kier alpha value is -3.50. The maximum atomic E-state index is 11.7. The van der Waals surface area contributed by atoms with Crippen molar-refractivity contribution in [3.8, 4) is 11.5 Å². The van der Waals surface area contributed by atoms with E-state index in [2.05, 4.69) is 22.0 Å². The highest BCUT2D eigenvalue weighted by Crippen LogP contribution is 2.32. The Morgan fingerprint density at radius 2 is 1.89 bits per heavy atom. The molecule has 0 bridgehead atoms. The van der Waals surface area contributed by atoms with Gasteiger partial charge in [-0.3, -0.25) is 4.79 Å². The monoisotopic (exact) mass is 495 g/mol. The van der Waals surface area contributed by atoms with Crippen molar-refractivity contribution in [2.24, 2.45) is 7.05 Å². The number of aromatic nitrogens is 1. The third-order valence-corrected chi connectivity index (χ3v) is 6.21. The van der Waals surface area contributed by atoms with Gasteiger partial charge >= 0.3 is 0 Å². The largest absolute Gasteiger partial charge is 0.493 e. The van der Waals surface area contributed by atoms with Crippen molar-refractivity contribution in [2.75, 3.05) is 13.7 Å². The van der Waals surface area contributed by atoms with Crippen LogP contribution in [0.1, 0.15) is 18.1 Å². The molecule has 0 aliphatic carbocycles. The lowest BCUT2D eigenvalue weighted by Gasteiger charge is -2.42. The number of fused-ring (bicyclic) bond motifs is 1. The van der Waals surface area contributed by atoms with Crippen LogP contribution in [0.15, 0.2) is 54.7 Å². The first-order chi connectivity index (χ1) is 17.3. The summed E-state index contributed by atoms with van der Waals surface area (Å²) in [5, 5.41) is 33.9. The number of pyridine rings is 1. The molecule has 1 amide bonds. The van der Waals surface area contributed by atoms with E-state index < -0.39 is 43.2 Å². The molecule has 1 saturated heterocycles. The summed E-state index contributed by atoms with van der Waals surface area (Å²) in [6.45, 7) is 0.754. The van der Waals surface area contributed by atoms with Gasteiger partial charge in [0.05, 0.1) is 19.1 Å². The molecular weight excluding hydrogens is 464 g/mol. The summed E-state index contributed by atoms with van der Waals surface area (Å²) in [4.78, 5) is 11.7. The average Bonchev–Trinajstić information content (AvgIpc) is 2.88. The van der Waals surface area contributed by atoms with Crippen LogP contribution in [0.5, 0.6) is 11.5 Å². The number of rotatable bonds is 7. The number of carbonyl (C=O) groups excluding carboxylic acids is 1. The third kappa shape index (κ3) is 5.34. The van der Waals surface area contributed by atoms with Crippen molar-refractivity contribution in [3.63, 3.8) is 0 Å². The Morgan fingerprint density at radius 3 is 2.61 bits per heavy atom. The summed E-state index contributed by atoms with van der Waals surface area (Å²) in [6.07, 6.45) is 0.964. The van der Waals surface area contributed by atoms with Crippen molar-refractivity contribution >= 4 is 29.0 Å². The molecule has 4 N–H and O–H groups in total. The second kappa shape index (κ2) is 11.0. The normalized spacial score (nSPS) is 24.1. The van der Waals surface area contributed by atoms with E-state index in [1.54, 1.807) is 12.1 Å². The van der Waals surface area contributed by atoms with Crippen molar-refractivity contribution in [1.82, 2.24) is 5.32 Å². The molecule has 36 heavy (non-hydrogen) atoms. The summed E-state index contributed by atoms with van der Waals surface area (Å²) in [6, 6.07) is 14.5. The topological polar surface area (TPSA) is 121 Å². The molecule has 1 aliphatic rings. The second-order valence-electron chi connectivity index (χ2n) is 8.69. The smallest absolute Gasteiger partial charge is 0.223 e. The SMILES string of the molecule is COc1cc(C=Cc2cc[n+](C)c3ccccc23)ccc1O[C@@H]1O[C@H](CO)[C@@H](O)[C@H](O)[C@H]1NC(C)=O. The molecule has 0 saturated carbocycles. The molecule has 2 heterocycles. The van der Waals surface area contributed by atoms with E-state index in [1.807, 2.05) is 49.7 Å². The van der Waals surface area contributed by atoms with E-state index in [1.165, 1.54) is 14.0 Å². The number of methoxy groups -OCH3 is 1. The molecule has 190 valence electrons. The van der Waals surface area contributed by atoms with Gasteiger partial charge in [0, 0.05) is 19.1 Å². The van der Waals surface area contributed by atoms with Gasteiger partial charge in [-0.1, -0.05) is 30.4 Å². The first-order valence-electron chi connectivity index (χ1n) is 11.6. The number of nitrogens with one attached hydrogen (secondary N) is 1. The van der Waals surface area contributed by atoms with Crippen LogP contribution in [-0.4, -0.2) is 65.6 Å². The van der Waals surface area contributed by atoms with Crippen molar-refractivity contribution in [3.05, 3.63) is 65.9 Å². The fourth-order valence-corrected chi connectivity index (χ4v) is 4.30. The van der Waals surface area contributed by atoms with Gasteiger partial charge in [0.25, 0.3) is 0 Å². The summed E-state index contributed by atoms with van der Waals surface area (Å²) in [7, 11) is 3.51. The van der Waals surface area contributed by atoms with E-state index in [0.717, 1.165) is 22.0 Å². The zero-order chi connectivity index (χ0) is 25.8. The number of hydrogen-bond donors (Lipinski definition) is 4. The Labute approximate surface area is 209 Å². The van der Waals surface area contributed by atoms with E-state index >= 15 is 0 Å². The van der Waals surface area contributed by atoms with Crippen LogP contribution in [-0.2, 0) is 16.6 Å². The highest BCUT2D eigenvalue weighted by molar-refractivity contribution is 5.88. The van der Waals surface area contributed by atoms with E-state index in [0.29, 0.717) is 11.5 Å². The Morgan fingerprint density at radius 1 is 1.11 bits per heavy atom. The quantitative estimate of drug-likeness (QED) is 0.363. The molecule has 5 atom stereocenters. The maximum absolute atomic E-state index is 11.7. The highest BCUT2D eigenvalue weighted by Gasteiger charge is 2.46. The molecular formula is C27H31N2O7+. The molecule has 1 aliphatic heterocycles. The average molecular weight is 496 g/mol. The highest BCUT2D eigenvalue weighted by atomic mass is 16.7. The molecule has 0 unspecified atom stereocenters. The number of amides is 1. The second-order valence-corrected chi connectivity index (χ2v) is 8.69. The predicted molar refractivity (Wildman–Crippen MR) is 133 cm³/mol. The first-order valence-corrected chi connectivity index (χ1v) is 11.6. The van der Waals surface area contributed by atoms with Crippen LogP contribution >= 0.6 is 0 Å². The summed E-state index contributed by atoms with van der Waals surface area (Å²) in [5.74, 6) is 0.292. The summed E-state index contributed by atoms with van der Waals surface area (Å²) >= 11 is 0.